The van der Waals surface area contributed by atoms with Gasteiger partial charge >= 0.3 is 6.18 Å². The van der Waals surface area contributed by atoms with Crippen LogP contribution in [-0.4, -0.2) is 30.6 Å². The van der Waals surface area contributed by atoms with Crippen molar-refractivity contribution in [3.63, 3.8) is 0 Å². The number of benzene rings is 1. The molecule has 3 nitrogen and oxygen atoms in total. The zero-order valence-corrected chi connectivity index (χ0v) is 12.2. The highest BCUT2D eigenvalue weighted by Crippen LogP contribution is 2.30. The number of hydrogen-bond acceptors (Lipinski definition) is 3. The average Bonchev–Trinajstić information content (AvgIpc) is 2.26. The molecule has 0 saturated carbocycles. The summed E-state index contributed by atoms with van der Waals surface area (Å²) in [6.45, 7) is 2.77. The number of hydrogen-bond donors (Lipinski definition) is 1. The van der Waals surface area contributed by atoms with Crippen molar-refractivity contribution >= 4 is 9.84 Å². The predicted octanol–water partition coefficient (Wildman–Crippen LogP) is 2.43. The van der Waals surface area contributed by atoms with E-state index in [9.17, 15) is 26.7 Å². The molecule has 0 aromatic heterocycles. The Bertz CT molecular complexity index is 560. The number of halogens is 3. The topological polar surface area (TPSA) is 54.4 Å². The molecule has 0 heterocycles. The Labute approximate surface area is 116 Å². The summed E-state index contributed by atoms with van der Waals surface area (Å²) in [5.74, 6) is 0. The molecule has 1 rings (SSSR count). The minimum absolute atomic E-state index is 0.0296. The van der Waals surface area contributed by atoms with Crippen molar-refractivity contribution in [2.24, 2.45) is 0 Å². The van der Waals surface area contributed by atoms with Gasteiger partial charge in [-0.2, -0.15) is 13.2 Å². The van der Waals surface area contributed by atoms with Gasteiger partial charge in [-0.05, 0) is 38.0 Å². The summed E-state index contributed by atoms with van der Waals surface area (Å²) >= 11 is 0. The molecule has 114 valence electrons. The molecule has 1 aromatic carbocycles. The van der Waals surface area contributed by atoms with Gasteiger partial charge in [0, 0.05) is 6.26 Å². The van der Waals surface area contributed by atoms with Crippen LogP contribution in [0.2, 0.25) is 0 Å². The fraction of sp³-hybridized carbons (Fsp3) is 0.538. The third kappa shape index (κ3) is 3.73. The number of rotatable bonds is 4. The molecule has 0 bridgehead atoms. The zero-order chi connectivity index (χ0) is 15.8. The molecule has 1 unspecified atom stereocenters. The first-order chi connectivity index (χ1) is 8.85. The Morgan fingerprint density at radius 2 is 1.60 bits per heavy atom. The van der Waals surface area contributed by atoms with Gasteiger partial charge in [0.2, 0.25) is 0 Å². The standard InChI is InChI=1S/C13H17F3O3S/c1-12(2,20(3,18)19)11(17)8-9-4-6-10(7-5-9)13(14,15)16/h4-7,11,17H,8H2,1-3H3. The molecule has 20 heavy (non-hydrogen) atoms. The van der Waals surface area contributed by atoms with Crippen LogP contribution < -0.4 is 0 Å². The largest absolute Gasteiger partial charge is 0.416 e. The summed E-state index contributed by atoms with van der Waals surface area (Å²) in [7, 11) is -3.48. The SMILES string of the molecule is CC(C)(C(O)Cc1ccc(C(F)(F)F)cc1)S(C)(=O)=O. The normalized spacial score (nSPS) is 15.2. The first-order valence-electron chi connectivity index (χ1n) is 5.89. The van der Waals surface area contributed by atoms with E-state index in [-0.39, 0.29) is 6.42 Å². The van der Waals surface area contributed by atoms with Gasteiger partial charge in [-0.15, -0.1) is 0 Å². The number of sulfone groups is 1. The quantitative estimate of drug-likeness (QED) is 0.929. The van der Waals surface area contributed by atoms with E-state index in [2.05, 4.69) is 0 Å². The van der Waals surface area contributed by atoms with Crippen LogP contribution in [-0.2, 0) is 22.4 Å². The van der Waals surface area contributed by atoms with E-state index in [1.54, 1.807) is 0 Å². The number of alkyl halides is 3. The summed E-state index contributed by atoms with van der Waals surface area (Å²) in [4.78, 5) is 0. The van der Waals surface area contributed by atoms with E-state index in [4.69, 9.17) is 0 Å². The van der Waals surface area contributed by atoms with Crippen LogP contribution in [0.3, 0.4) is 0 Å². The molecule has 7 heteroatoms. The molecule has 0 aliphatic carbocycles. The Morgan fingerprint density at radius 3 is 1.95 bits per heavy atom. The third-order valence-electron chi connectivity index (χ3n) is 3.47. The van der Waals surface area contributed by atoms with Gasteiger partial charge in [-0.25, -0.2) is 8.42 Å². The monoisotopic (exact) mass is 310 g/mol. The second-order valence-corrected chi connectivity index (χ2v) is 7.89. The van der Waals surface area contributed by atoms with Gasteiger partial charge in [-0.1, -0.05) is 12.1 Å². The van der Waals surface area contributed by atoms with Crippen molar-refractivity contribution < 1.29 is 26.7 Å². The lowest BCUT2D eigenvalue weighted by atomic mass is 9.98. The van der Waals surface area contributed by atoms with Crippen molar-refractivity contribution in [1.29, 1.82) is 0 Å². The summed E-state index contributed by atoms with van der Waals surface area (Å²) in [5, 5.41) is 9.99. The van der Waals surface area contributed by atoms with Crippen LogP contribution in [0.25, 0.3) is 0 Å². The van der Waals surface area contributed by atoms with E-state index in [1.807, 2.05) is 0 Å². The van der Waals surface area contributed by atoms with Crippen LogP contribution >= 0.6 is 0 Å². The maximum Gasteiger partial charge on any atom is 0.416 e. The lowest BCUT2D eigenvalue weighted by molar-refractivity contribution is -0.137. The lowest BCUT2D eigenvalue weighted by Crippen LogP contribution is -2.44. The maximum absolute atomic E-state index is 12.4. The molecular formula is C13H17F3O3S. The van der Waals surface area contributed by atoms with Crippen LogP contribution in [0, 0.1) is 0 Å². The summed E-state index contributed by atoms with van der Waals surface area (Å²) < 4.78 is 59.0. The van der Waals surface area contributed by atoms with Crippen LogP contribution in [0.4, 0.5) is 13.2 Å². The van der Waals surface area contributed by atoms with Crippen LogP contribution in [0.1, 0.15) is 25.0 Å². The maximum atomic E-state index is 12.4. The minimum Gasteiger partial charge on any atom is -0.391 e. The molecule has 0 radical (unpaired) electrons. The Morgan fingerprint density at radius 1 is 1.15 bits per heavy atom. The van der Waals surface area contributed by atoms with Crippen molar-refractivity contribution in [3.05, 3.63) is 35.4 Å². The molecule has 0 aliphatic heterocycles. The summed E-state index contributed by atoms with van der Waals surface area (Å²) in [5.41, 5.74) is -0.333. The molecule has 0 saturated heterocycles. The van der Waals surface area contributed by atoms with E-state index >= 15 is 0 Å². The molecule has 0 spiro atoms. The van der Waals surface area contributed by atoms with Gasteiger partial charge < -0.3 is 5.11 Å². The van der Waals surface area contributed by atoms with Crippen molar-refractivity contribution in [2.45, 2.75) is 37.3 Å². The molecule has 0 amide bonds. The summed E-state index contributed by atoms with van der Waals surface area (Å²) in [6.07, 6.45) is -4.63. The van der Waals surface area contributed by atoms with E-state index in [0.717, 1.165) is 18.4 Å². The number of aliphatic hydroxyl groups excluding tert-OH is 1. The van der Waals surface area contributed by atoms with Gasteiger partial charge in [0.25, 0.3) is 0 Å². The lowest BCUT2D eigenvalue weighted by Gasteiger charge is -2.28. The highest BCUT2D eigenvalue weighted by atomic mass is 32.2. The van der Waals surface area contributed by atoms with Crippen LogP contribution in [0.5, 0.6) is 0 Å². The highest BCUT2D eigenvalue weighted by molar-refractivity contribution is 7.92. The second kappa shape index (κ2) is 5.37. The fourth-order valence-electron chi connectivity index (χ4n) is 1.55. The molecule has 1 atom stereocenters. The first kappa shape index (κ1) is 17.0. The van der Waals surface area contributed by atoms with Crippen molar-refractivity contribution in [2.75, 3.05) is 6.26 Å². The van der Waals surface area contributed by atoms with E-state index < -0.39 is 32.4 Å². The molecule has 0 fully saturated rings. The fourth-order valence-corrected chi connectivity index (χ4v) is 2.12. The summed E-state index contributed by atoms with van der Waals surface area (Å²) in [6, 6.07) is 4.31. The zero-order valence-electron chi connectivity index (χ0n) is 11.4. The molecule has 1 N–H and O–H groups in total. The molecule has 1 aromatic rings. The van der Waals surface area contributed by atoms with Crippen molar-refractivity contribution in [3.8, 4) is 0 Å². The van der Waals surface area contributed by atoms with Gasteiger partial charge in [0.05, 0.1) is 16.4 Å². The van der Waals surface area contributed by atoms with Gasteiger partial charge in [0.1, 0.15) is 0 Å². The molecular weight excluding hydrogens is 293 g/mol. The number of aliphatic hydroxyl groups is 1. The van der Waals surface area contributed by atoms with Crippen molar-refractivity contribution in [1.82, 2.24) is 0 Å². The first-order valence-corrected chi connectivity index (χ1v) is 7.78. The highest BCUT2D eigenvalue weighted by Gasteiger charge is 2.38. The Kier molecular flexibility index (Phi) is 4.55. The Balaban J connectivity index is 2.90. The van der Waals surface area contributed by atoms with E-state index in [1.165, 1.54) is 26.0 Å². The van der Waals surface area contributed by atoms with Crippen LogP contribution in [0.15, 0.2) is 24.3 Å². The average molecular weight is 310 g/mol. The minimum atomic E-state index is -4.41. The smallest absolute Gasteiger partial charge is 0.391 e. The molecule has 0 aliphatic rings. The second-order valence-electron chi connectivity index (χ2n) is 5.29. The van der Waals surface area contributed by atoms with Gasteiger partial charge in [-0.3, -0.25) is 0 Å². The Hall–Kier alpha value is -1.08. The third-order valence-corrected chi connectivity index (χ3v) is 5.65. The van der Waals surface area contributed by atoms with E-state index in [0.29, 0.717) is 5.56 Å². The predicted molar refractivity (Wildman–Crippen MR) is 70.1 cm³/mol. The van der Waals surface area contributed by atoms with Gasteiger partial charge in [0.15, 0.2) is 9.84 Å².